The van der Waals surface area contributed by atoms with Crippen molar-refractivity contribution in [1.29, 1.82) is 0 Å². The van der Waals surface area contributed by atoms with Gasteiger partial charge in [0.1, 0.15) is 10.7 Å². The van der Waals surface area contributed by atoms with Crippen molar-refractivity contribution in [2.24, 2.45) is 0 Å². The molecule has 104 valence electrons. The van der Waals surface area contributed by atoms with E-state index in [2.05, 4.69) is 22.9 Å². The van der Waals surface area contributed by atoms with Gasteiger partial charge in [-0.25, -0.2) is 12.7 Å². The van der Waals surface area contributed by atoms with Gasteiger partial charge < -0.3 is 4.42 Å². The van der Waals surface area contributed by atoms with Crippen LogP contribution in [0.2, 0.25) is 0 Å². The van der Waals surface area contributed by atoms with Gasteiger partial charge in [0.15, 0.2) is 4.67 Å². The van der Waals surface area contributed by atoms with E-state index < -0.39 is 10.0 Å². The Hall–Kier alpha value is -0.0400. The Morgan fingerprint density at radius 1 is 1.44 bits per heavy atom. The second-order valence-corrected chi connectivity index (χ2v) is 7.02. The fraction of sp³-hybridized carbons (Fsp3) is 0.636. The van der Waals surface area contributed by atoms with Gasteiger partial charge in [0.05, 0.1) is 5.88 Å². The molecule has 0 aromatic carbocycles. The zero-order valence-electron chi connectivity index (χ0n) is 10.4. The number of hydrogen-bond donors (Lipinski definition) is 0. The molecule has 0 aliphatic carbocycles. The number of hydrogen-bond acceptors (Lipinski definition) is 3. The third kappa shape index (κ3) is 3.73. The van der Waals surface area contributed by atoms with E-state index in [1.807, 2.05) is 0 Å². The number of rotatable bonds is 7. The van der Waals surface area contributed by atoms with Crippen molar-refractivity contribution < 1.29 is 12.8 Å². The molecule has 0 aliphatic rings. The highest BCUT2D eigenvalue weighted by Crippen LogP contribution is 2.29. The van der Waals surface area contributed by atoms with Crippen LogP contribution in [0.5, 0.6) is 0 Å². The van der Waals surface area contributed by atoms with E-state index in [1.165, 1.54) is 10.4 Å². The van der Waals surface area contributed by atoms with E-state index >= 15 is 0 Å². The van der Waals surface area contributed by atoms with Crippen molar-refractivity contribution >= 4 is 37.6 Å². The molecule has 0 spiro atoms. The summed E-state index contributed by atoms with van der Waals surface area (Å²) >= 11 is 8.73. The topological polar surface area (TPSA) is 50.5 Å². The number of sulfonamides is 1. The van der Waals surface area contributed by atoms with Crippen LogP contribution in [-0.2, 0) is 15.9 Å². The SMILES string of the molecule is CCCCCN(C)S(=O)(=O)c1cc(CCl)oc1Br. The number of halogens is 2. The summed E-state index contributed by atoms with van der Waals surface area (Å²) < 4.78 is 31.3. The van der Waals surface area contributed by atoms with Crippen LogP contribution in [0.3, 0.4) is 0 Å². The fourth-order valence-corrected chi connectivity index (χ4v) is 3.81. The van der Waals surface area contributed by atoms with Crippen LogP contribution in [0.1, 0.15) is 31.9 Å². The second kappa shape index (κ2) is 6.93. The molecule has 0 fully saturated rings. The van der Waals surface area contributed by atoms with E-state index in [1.54, 1.807) is 7.05 Å². The molecule has 0 atom stereocenters. The van der Waals surface area contributed by atoms with Gasteiger partial charge in [-0.3, -0.25) is 0 Å². The van der Waals surface area contributed by atoms with E-state index in [0.717, 1.165) is 19.3 Å². The lowest BCUT2D eigenvalue weighted by molar-refractivity contribution is 0.449. The van der Waals surface area contributed by atoms with Gasteiger partial charge in [-0.15, -0.1) is 11.6 Å². The molecule has 18 heavy (non-hydrogen) atoms. The lowest BCUT2D eigenvalue weighted by atomic mass is 10.2. The number of nitrogens with zero attached hydrogens (tertiary/aromatic N) is 1. The molecule has 1 heterocycles. The molecule has 1 aromatic rings. The molecule has 4 nitrogen and oxygen atoms in total. The zero-order chi connectivity index (χ0) is 13.8. The molecular weight excluding hydrogens is 342 g/mol. The first-order valence-electron chi connectivity index (χ1n) is 5.74. The lowest BCUT2D eigenvalue weighted by Gasteiger charge is -2.15. The van der Waals surface area contributed by atoms with E-state index in [0.29, 0.717) is 12.3 Å². The number of alkyl halides is 1. The Morgan fingerprint density at radius 2 is 2.11 bits per heavy atom. The number of furan rings is 1. The fourth-order valence-electron chi connectivity index (χ4n) is 1.51. The summed E-state index contributed by atoms with van der Waals surface area (Å²) in [5, 5.41) is 0. The van der Waals surface area contributed by atoms with Gasteiger partial charge in [-0.05, 0) is 22.4 Å². The first-order chi connectivity index (χ1) is 8.43. The predicted octanol–water partition coefficient (Wildman–Crippen LogP) is 3.59. The predicted molar refractivity (Wildman–Crippen MR) is 75.3 cm³/mol. The van der Waals surface area contributed by atoms with Crippen molar-refractivity contribution in [3.63, 3.8) is 0 Å². The van der Waals surface area contributed by atoms with Crippen LogP contribution >= 0.6 is 27.5 Å². The van der Waals surface area contributed by atoms with Crippen molar-refractivity contribution in [3.05, 3.63) is 16.5 Å². The Balaban J connectivity index is 2.87. The van der Waals surface area contributed by atoms with Crippen LogP contribution in [0, 0.1) is 0 Å². The average molecular weight is 359 g/mol. The third-order valence-electron chi connectivity index (χ3n) is 2.60. The maximum Gasteiger partial charge on any atom is 0.247 e. The van der Waals surface area contributed by atoms with Gasteiger partial charge in [-0.2, -0.15) is 0 Å². The molecule has 0 aliphatic heterocycles. The Labute approximate surface area is 121 Å². The molecule has 0 saturated heterocycles. The van der Waals surface area contributed by atoms with Crippen LogP contribution < -0.4 is 0 Å². The molecule has 0 N–H and O–H groups in total. The van der Waals surface area contributed by atoms with Gasteiger partial charge >= 0.3 is 0 Å². The summed E-state index contributed by atoms with van der Waals surface area (Å²) in [7, 11) is -1.93. The first-order valence-corrected chi connectivity index (χ1v) is 8.50. The monoisotopic (exact) mass is 357 g/mol. The summed E-state index contributed by atoms with van der Waals surface area (Å²) in [5.74, 6) is 0.581. The summed E-state index contributed by atoms with van der Waals surface area (Å²) in [6.45, 7) is 2.58. The standard InChI is InChI=1S/C11H17BrClNO3S/c1-3-4-5-6-14(2)18(15,16)10-7-9(8-13)17-11(10)12/h7H,3-6,8H2,1-2H3. The van der Waals surface area contributed by atoms with Crippen LogP contribution in [-0.4, -0.2) is 26.3 Å². The smallest absolute Gasteiger partial charge is 0.247 e. The Morgan fingerprint density at radius 3 is 2.61 bits per heavy atom. The zero-order valence-corrected chi connectivity index (χ0v) is 13.6. The molecule has 0 radical (unpaired) electrons. The van der Waals surface area contributed by atoms with Crippen molar-refractivity contribution in [1.82, 2.24) is 4.31 Å². The van der Waals surface area contributed by atoms with Crippen molar-refractivity contribution in [2.75, 3.05) is 13.6 Å². The Kier molecular flexibility index (Phi) is 6.17. The van der Waals surface area contributed by atoms with E-state index in [4.69, 9.17) is 16.0 Å². The van der Waals surface area contributed by atoms with Gasteiger partial charge in [0, 0.05) is 19.7 Å². The van der Waals surface area contributed by atoms with Gasteiger partial charge in [0.25, 0.3) is 0 Å². The van der Waals surface area contributed by atoms with E-state index in [9.17, 15) is 8.42 Å². The van der Waals surface area contributed by atoms with Crippen LogP contribution in [0.15, 0.2) is 20.0 Å². The van der Waals surface area contributed by atoms with Crippen molar-refractivity contribution in [3.8, 4) is 0 Å². The minimum atomic E-state index is -3.51. The molecule has 0 unspecified atom stereocenters. The highest BCUT2D eigenvalue weighted by molar-refractivity contribution is 9.10. The molecule has 1 rings (SSSR count). The molecule has 0 bridgehead atoms. The maximum atomic E-state index is 12.3. The minimum Gasteiger partial charge on any atom is -0.452 e. The lowest BCUT2D eigenvalue weighted by Crippen LogP contribution is -2.27. The Bertz CT molecular complexity index is 486. The highest BCUT2D eigenvalue weighted by atomic mass is 79.9. The normalized spacial score (nSPS) is 12.3. The summed E-state index contributed by atoms with van der Waals surface area (Å²) in [4.78, 5) is 0.136. The third-order valence-corrected chi connectivity index (χ3v) is 5.58. The first kappa shape index (κ1) is 16.0. The largest absolute Gasteiger partial charge is 0.452 e. The molecule has 7 heteroatoms. The average Bonchev–Trinajstić information content (AvgIpc) is 2.71. The molecule has 0 saturated carbocycles. The van der Waals surface area contributed by atoms with Crippen LogP contribution in [0.25, 0.3) is 0 Å². The highest BCUT2D eigenvalue weighted by Gasteiger charge is 2.26. The summed E-state index contributed by atoms with van der Waals surface area (Å²) in [5.41, 5.74) is 0. The molecule has 1 aromatic heterocycles. The quantitative estimate of drug-likeness (QED) is 0.553. The summed E-state index contributed by atoms with van der Waals surface area (Å²) in [6, 6.07) is 1.46. The minimum absolute atomic E-state index is 0.136. The van der Waals surface area contributed by atoms with Crippen LogP contribution in [0.4, 0.5) is 0 Å². The van der Waals surface area contributed by atoms with Gasteiger partial charge in [-0.1, -0.05) is 19.8 Å². The molecule has 0 amide bonds. The van der Waals surface area contributed by atoms with Gasteiger partial charge in [0.2, 0.25) is 10.0 Å². The number of unbranched alkanes of at least 4 members (excludes halogenated alkanes) is 2. The molecular formula is C11H17BrClNO3S. The second-order valence-electron chi connectivity index (χ2n) is 4.02. The summed E-state index contributed by atoms with van der Waals surface area (Å²) in [6.07, 6.45) is 2.92. The van der Waals surface area contributed by atoms with E-state index in [-0.39, 0.29) is 15.4 Å². The van der Waals surface area contributed by atoms with Crippen molar-refractivity contribution in [2.45, 2.75) is 37.0 Å². The maximum absolute atomic E-state index is 12.3.